The Kier molecular flexibility index (Phi) is 22.2. The summed E-state index contributed by atoms with van der Waals surface area (Å²) in [4.78, 5) is 94.1. The molecule has 8 N–H and O–H groups in total. The highest BCUT2D eigenvalue weighted by Gasteiger charge is 2.38. The van der Waals surface area contributed by atoms with Gasteiger partial charge in [0.05, 0.1) is 13.2 Å². The number of methoxy groups -OCH3 is 1. The molecule has 56 heavy (non-hydrogen) atoms. The van der Waals surface area contributed by atoms with E-state index in [1.54, 1.807) is 27.7 Å². The van der Waals surface area contributed by atoms with Crippen LogP contribution in [-0.4, -0.2) is 117 Å². The Morgan fingerprint density at radius 1 is 0.750 bits per heavy atom. The first-order chi connectivity index (χ1) is 26.1. The molecule has 1 fully saturated rings. The van der Waals surface area contributed by atoms with Gasteiger partial charge in [-0.1, -0.05) is 55.4 Å². The summed E-state index contributed by atoms with van der Waals surface area (Å²) in [6.45, 7) is 18.5. The van der Waals surface area contributed by atoms with E-state index in [9.17, 15) is 33.6 Å². The SMILES string of the molecule is COC(=O)C1CCOCCCCOCC[C@@H](NC(=O)[C@@H](NC(=O)[C@@H](N)C(C)C)C(C)C)C(=O)NC(C)(C)C(=O)N[C@@H](CC(C)C)C(=O)NC(CC(C)C)C(=O)N1. The van der Waals surface area contributed by atoms with Crippen LogP contribution >= 0.6 is 0 Å². The number of amides is 6. The normalized spacial score (nSPS) is 24.0. The first-order valence-electron chi connectivity index (χ1n) is 19.9. The van der Waals surface area contributed by atoms with Crippen molar-refractivity contribution in [1.82, 2.24) is 31.9 Å². The largest absolute Gasteiger partial charge is 0.467 e. The molecule has 0 bridgehead atoms. The van der Waals surface area contributed by atoms with Gasteiger partial charge in [-0.15, -0.1) is 0 Å². The molecule has 6 atom stereocenters. The molecular weight excluding hydrogens is 726 g/mol. The highest BCUT2D eigenvalue weighted by Crippen LogP contribution is 2.13. The molecule has 0 spiro atoms. The van der Waals surface area contributed by atoms with Crippen molar-refractivity contribution in [3.05, 3.63) is 0 Å². The van der Waals surface area contributed by atoms with E-state index in [0.717, 1.165) is 0 Å². The zero-order valence-corrected chi connectivity index (χ0v) is 35.5. The van der Waals surface area contributed by atoms with Crippen molar-refractivity contribution in [2.24, 2.45) is 29.4 Å². The number of nitrogens with two attached hydrogens (primary N) is 1. The molecule has 322 valence electrons. The molecule has 0 aromatic carbocycles. The molecular formula is C39H71N7O10. The van der Waals surface area contributed by atoms with E-state index in [4.69, 9.17) is 19.9 Å². The second-order valence-electron chi connectivity index (χ2n) is 16.6. The minimum absolute atomic E-state index is 0.0250. The van der Waals surface area contributed by atoms with Crippen LogP contribution in [0.1, 0.15) is 108 Å². The maximum Gasteiger partial charge on any atom is 0.328 e. The first-order valence-corrected chi connectivity index (χ1v) is 19.9. The summed E-state index contributed by atoms with van der Waals surface area (Å²) >= 11 is 0. The molecule has 1 aliphatic rings. The van der Waals surface area contributed by atoms with Crippen LogP contribution in [0.25, 0.3) is 0 Å². The number of carbonyl (C=O) groups excluding carboxylic acids is 7. The van der Waals surface area contributed by atoms with Crippen LogP contribution in [0.2, 0.25) is 0 Å². The number of carbonyl (C=O) groups is 7. The molecule has 1 heterocycles. The van der Waals surface area contributed by atoms with Crippen LogP contribution < -0.4 is 37.6 Å². The van der Waals surface area contributed by atoms with Crippen LogP contribution in [0.5, 0.6) is 0 Å². The summed E-state index contributed by atoms with van der Waals surface area (Å²) in [5, 5.41) is 16.4. The second-order valence-corrected chi connectivity index (χ2v) is 16.6. The lowest BCUT2D eigenvalue weighted by Gasteiger charge is -2.32. The molecule has 0 saturated carbocycles. The smallest absolute Gasteiger partial charge is 0.328 e. The second kappa shape index (κ2) is 24.7. The van der Waals surface area contributed by atoms with Crippen molar-refractivity contribution in [2.45, 2.75) is 150 Å². The lowest BCUT2D eigenvalue weighted by molar-refractivity contribution is -0.146. The summed E-state index contributed by atoms with van der Waals surface area (Å²) in [7, 11) is 1.22. The van der Waals surface area contributed by atoms with E-state index in [1.807, 2.05) is 27.7 Å². The summed E-state index contributed by atoms with van der Waals surface area (Å²) in [6.07, 6.45) is 1.86. The predicted octanol–water partition coefficient (Wildman–Crippen LogP) is 0.817. The standard InChI is InChI=1S/C39H71N7O10/c1-22(2)20-28-32(47)42-27(37(52)54-11)15-19-56-17-13-12-16-55-18-14-26(41-36(51)31(25(7)8)45-35(50)30(40)24(5)6)34(49)46-39(9,10)38(53)44-29(21-23(3)4)33(48)43-28/h22-31H,12-21,40H2,1-11H3,(H,41,51)(H,42,47)(H,43,48)(H,44,53)(H,45,50)(H,46,49)/t26-,27?,28?,29+,30+,31+/m1/s1. The van der Waals surface area contributed by atoms with Gasteiger partial charge in [0.2, 0.25) is 35.4 Å². The van der Waals surface area contributed by atoms with Gasteiger partial charge in [-0.3, -0.25) is 28.8 Å². The minimum atomic E-state index is -1.58. The molecule has 0 aromatic rings. The number of ether oxygens (including phenoxy) is 3. The summed E-state index contributed by atoms with van der Waals surface area (Å²) in [6, 6.07) is -6.16. The number of esters is 1. The van der Waals surface area contributed by atoms with Gasteiger partial charge in [0.25, 0.3) is 0 Å². The van der Waals surface area contributed by atoms with E-state index < -0.39 is 83.2 Å². The monoisotopic (exact) mass is 798 g/mol. The highest BCUT2D eigenvalue weighted by molar-refractivity contribution is 5.98. The van der Waals surface area contributed by atoms with Crippen molar-refractivity contribution in [2.75, 3.05) is 33.5 Å². The van der Waals surface area contributed by atoms with Crippen LogP contribution in [0.15, 0.2) is 0 Å². The van der Waals surface area contributed by atoms with Crippen molar-refractivity contribution in [1.29, 1.82) is 0 Å². The summed E-state index contributed by atoms with van der Waals surface area (Å²) in [5.41, 5.74) is 4.45. The number of hydrogen-bond donors (Lipinski definition) is 7. The van der Waals surface area contributed by atoms with Crippen molar-refractivity contribution in [3.63, 3.8) is 0 Å². The van der Waals surface area contributed by atoms with Crippen LogP contribution in [0.3, 0.4) is 0 Å². The highest BCUT2D eigenvalue weighted by atomic mass is 16.5. The number of rotatable bonds is 11. The van der Waals surface area contributed by atoms with E-state index in [0.29, 0.717) is 26.1 Å². The Morgan fingerprint density at radius 2 is 1.27 bits per heavy atom. The van der Waals surface area contributed by atoms with Crippen molar-refractivity contribution >= 4 is 41.4 Å². The zero-order chi connectivity index (χ0) is 42.7. The number of nitrogens with one attached hydrogen (secondary N) is 6. The molecule has 0 aliphatic carbocycles. The predicted molar refractivity (Wildman–Crippen MR) is 211 cm³/mol. The van der Waals surface area contributed by atoms with Gasteiger partial charge >= 0.3 is 5.97 Å². The van der Waals surface area contributed by atoms with E-state index >= 15 is 0 Å². The maximum absolute atomic E-state index is 13.9. The fourth-order valence-corrected chi connectivity index (χ4v) is 5.76. The fraction of sp³-hybridized carbons (Fsp3) is 0.821. The van der Waals surface area contributed by atoms with Gasteiger partial charge in [-0.25, -0.2) is 4.79 Å². The van der Waals surface area contributed by atoms with Gasteiger partial charge in [0.1, 0.15) is 35.7 Å². The van der Waals surface area contributed by atoms with Crippen LogP contribution in [0, 0.1) is 23.7 Å². The van der Waals surface area contributed by atoms with Gasteiger partial charge in [0, 0.05) is 32.8 Å². The molecule has 0 radical (unpaired) electrons. The van der Waals surface area contributed by atoms with E-state index in [-0.39, 0.29) is 62.6 Å². The van der Waals surface area contributed by atoms with E-state index in [1.165, 1.54) is 21.0 Å². The average molecular weight is 798 g/mol. The molecule has 1 saturated heterocycles. The lowest BCUT2D eigenvalue weighted by Crippen LogP contribution is -2.63. The van der Waals surface area contributed by atoms with Crippen LogP contribution in [-0.2, 0) is 47.8 Å². The van der Waals surface area contributed by atoms with Crippen LogP contribution in [0.4, 0.5) is 0 Å². The summed E-state index contributed by atoms with van der Waals surface area (Å²) in [5.74, 6) is -4.94. The Hall–Kier alpha value is -3.83. The van der Waals surface area contributed by atoms with E-state index in [2.05, 4.69) is 31.9 Å². The third kappa shape index (κ3) is 18.0. The molecule has 1 aliphatic heterocycles. The lowest BCUT2D eigenvalue weighted by atomic mass is 9.97. The Labute approximate surface area is 333 Å². The van der Waals surface area contributed by atoms with Gasteiger partial charge in [-0.2, -0.15) is 0 Å². The van der Waals surface area contributed by atoms with Crippen molar-refractivity contribution in [3.8, 4) is 0 Å². The number of hydrogen-bond acceptors (Lipinski definition) is 11. The molecule has 0 aromatic heterocycles. The Balaban J connectivity index is 3.46. The maximum atomic E-state index is 13.9. The zero-order valence-electron chi connectivity index (χ0n) is 35.5. The molecule has 17 nitrogen and oxygen atoms in total. The quantitative estimate of drug-likeness (QED) is 0.144. The molecule has 1 rings (SSSR count). The first kappa shape index (κ1) is 50.2. The van der Waals surface area contributed by atoms with Gasteiger partial charge in [0.15, 0.2) is 0 Å². The molecule has 17 heteroatoms. The Bertz CT molecular complexity index is 1310. The third-order valence-corrected chi connectivity index (χ3v) is 9.30. The Morgan fingerprint density at radius 3 is 1.77 bits per heavy atom. The molecule has 6 amide bonds. The summed E-state index contributed by atoms with van der Waals surface area (Å²) < 4.78 is 16.4. The van der Waals surface area contributed by atoms with Crippen molar-refractivity contribution < 1.29 is 47.8 Å². The third-order valence-electron chi connectivity index (χ3n) is 9.30. The average Bonchev–Trinajstić information content (AvgIpc) is 3.10. The molecule has 2 unspecified atom stereocenters. The fourth-order valence-electron chi connectivity index (χ4n) is 5.76. The topological polar surface area (TPSA) is 245 Å². The minimum Gasteiger partial charge on any atom is -0.467 e. The van der Waals surface area contributed by atoms with Gasteiger partial charge < -0.3 is 51.8 Å². The van der Waals surface area contributed by atoms with Gasteiger partial charge in [-0.05, 0) is 69.6 Å².